The number of hydrogen-bond acceptors (Lipinski definition) is 3. The molecule has 3 aromatic rings. The summed E-state index contributed by atoms with van der Waals surface area (Å²) < 4.78 is 1.73. The van der Waals surface area contributed by atoms with Crippen molar-refractivity contribution in [2.45, 2.75) is 26.3 Å². The summed E-state index contributed by atoms with van der Waals surface area (Å²) >= 11 is 0. The number of carbonyl (C=O) groups excluding carboxylic acids is 1. The maximum Gasteiger partial charge on any atom is 0.154 e. The highest BCUT2D eigenvalue weighted by Gasteiger charge is 2.20. The molecular formula is C17H17N3O. The number of Topliss-reactive ketones (excluding diaryl/α,β-unsaturated/α-hetero) is 1. The summed E-state index contributed by atoms with van der Waals surface area (Å²) in [7, 11) is 0. The van der Waals surface area contributed by atoms with Crippen LogP contribution >= 0.6 is 0 Å². The van der Waals surface area contributed by atoms with Gasteiger partial charge in [-0.25, -0.2) is 4.68 Å². The van der Waals surface area contributed by atoms with Crippen molar-refractivity contribution in [2.75, 3.05) is 0 Å². The van der Waals surface area contributed by atoms with Gasteiger partial charge < -0.3 is 0 Å². The summed E-state index contributed by atoms with van der Waals surface area (Å²) in [5.74, 6) is 0.0891. The molecule has 1 heterocycles. The van der Waals surface area contributed by atoms with Crippen molar-refractivity contribution < 1.29 is 4.79 Å². The zero-order valence-corrected chi connectivity index (χ0v) is 12.2. The van der Waals surface area contributed by atoms with Crippen LogP contribution < -0.4 is 0 Å². The van der Waals surface area contributed by atoms with Gasteiger partial charge in [-0.2, -0.15) is 0 Å². The molecule has 4 heteroatoms. The third-order valence-electron chi connectivity index (χ3n) is 3.69. The fourth-order valence-corrected chi connectivity index (χ4v) is 2.47. The molecule has 0 bridgehead atoms. The molecule has 0 aliphatic rings. The normalized spacial score (nSPS) is 12.5. The number of aryl methyl sites for hydroxylation is 1. The lowest BCUT2D eigenvalue weighted by Crippen LogP contribution is -2.20. The van der Waals surface area contributed by atoms with Crippen molar-refractivity contribution in [1.82, 2.24) is 15.0 Å². The van der Waals surface area contributed by atoms with Crippen molar-refractivity contribution in [3.05, 3.63) is 59.7 Å². The van der Waals surface area contributed by atoms with E-state index in [0.717, 1.165) is 16.6 Å². The van der Waals surface area contributed by atoms with Gasteiger partial charge in [0.25, 0.3) is 0 Å². The zero-order valence-electron chi connectivity index (χ0n) is 12.2. The maximum absolute atomic E-state index is 12.1. The second kappa shape index (κ2) is 5.48. The Morgan fingerprint density at radius 1 is 1.14 bits per heavy atom. The Labute approximate surface area is 123 Å². The van der Waals surface area contributed by atoms with E-state index in [4.69, 9.17) is 0 Å². The minimum atomic E-state index is -0.319. The van der Waals surface area contributed by atoms with Gasteiger partial charge in [0.2, 0.25) is 0 Å². The number of benzene rings is 2. The van der Waals surface area contributed by atoms with Crippen molar-refractivity contribution in [3.63, 3.8) is 0 Å². The van der Waals surface area contributed by atoms with Crippen molar-refractivity contribution >= 4 is 16.8 Å². The van der Waals surface area contributed by atoms with E-state index >= 15 is 0 Å². The lowest BCUT2D eigenvalue weighted by molar-refractivity contribution is -0.120. The van der Waals surface area contributed by atoms with Crippen molar-refractivity contribution in [2.24, 2.45) is 0 Å². The van der Waals surface area contributed by atoms with E-state index in [-0.39, 0.29) is 11.8 Å². The van der Waals surface area contributed by atoms with E-state index in [1.807, 2.05) is 24.3 Å². The molecule has 0 fully saturated rings. The second-order valence-electron chi connectivity index (χ2n) is 5.34. The number of para-hydroxylation sites is 1. The standard InChI is InChI=1S/C17H17N3O/c1-12-7-9-14(10-8-12)11-17(13(2)21)20-16-6-4-3-5-15(16)18-19-20/h3-10,17H,11H2,1-2H3. The Balaban J connectivity index is 1.98. The van der Waals surface area contributed by atoms with E-state index in [2.05, 4.69) is 41.5 Å². The number of carbonyl (C=O) groups is 1. The first-order valence-electron chi connectivity index (χ1n) is 7.01. The quantitative estimate of drug-likeness (QED) is 0.737. The molecule has 1 aromatic heterocycles. The van der Waals surface area contributed by atoms with Crippen LogP contribution in [0.4, 0.5) is 0 Å². The molecule has 1 unspecified atom stereocenters. The highest BCUT2D eigenvalue weighted by molar-refractivity contribution is 5.83. The van der Waals surface area contributed by atoms with Gasteiger partial charge in [-0.15, -0.1) is 5.10 Å². The fraction of sp³-hybridized carbons (Fsp3) is 0.235. The van der Waals surface area contributed by atoms with E-state index < -0.39 is 0 Å². The summed E-state index contributed by atoms with van der Waals surface area (Å²) in [6.45, 7) is 3.66. The summed E-state index contributed by atoms with van der Waals surface area (Å²) in [6, 6.07) is 15.6. The predicted molar refractivity (Wildman–Crippen MR) is 82.1 cm³/mol. The molecule has 21 heavy (non-hydrogen) atoms. The smallest absolute Gasteiger partial charge is 0.154 e. The molecule has 0 amide bonds. The van der Waals surface area contributed by atoms with E-state index in [1.54, 1.807) is 11.6 Å². The van der Waals surface area contributed by atoms with Gasteiger partial charge in [-0.3, -0.25) is 4.79 Å². The maximum atomic E-state index is 12.1. The van der Waals surface area contributed by atoms with Crippen molar-refractivity contribution in [1.29, 1.82) is 0 Å². The van der Waals surface area contributed by atoms with Gasteiger partial charge in [-0.05, 0) is 31.5 Å². The molecule has 0 radical (unpaired) electrons. The minimum absolute atomic E-state index is 0.0891. The molecule has 3 rings (SSSR count). The largest absolute Gasteiger partial charge is 0.298 e. The average molecular weight is 279 g/mol. The summed E-state index contributed by atoms with van der Waals surface area (Å²) in [6.07, 6.45) is 0.628. The van der Waals surface area contributed by atoms with Gasteiger partial charge >= 0.3 is 0 Å². The van der Waals surface area contributed by atoms with Crippen molar-refractivity contribution in [3.8, 4) is 0 Å². The molecule has 2 aromatic carbocycles. The molecule has 0 N–H and O–H groups in total. The summed E-state index contributed by atoms with van der Waals surface area (Å²) in [4.78, 5) is 12.1. The van der Waals surface area contributed by atoms with Crippen LogP contribution in [0.15, 0.2) is 48.5 Å². The Kier molecular flexibility index (Phi) is 3.52. The first kappa shape index (κ1) is 13.5. The molecule has 0 spiro atoms. The number of aromatic nitrogens is 3. The first-order chi connectivity index (χ1) is 10.1. The van der Waals surface area contributed by atoms with Crippen LogP contribution in [0.3, 0.4) is 0 Å². The number of nitrogens with zero attached hydrogens (tertiary/aromatic N) is 3. The second-order valence-corrected chi connectivity index (χ2v) is 5.34. The molecule has 0 saturated heterocycles. The van der Waals surface area contributed by atoms with Gasteiger partial charge in [0.05, 0.1) is 5.52 Å². The van der Waals surface area contributed by atoms with Crippen LogP contribution in [0.25, 0.3) is 11.0 Å². The van der Waals surface area contributed by atoms with Crippen LogP contribution in [0.1, 0.15) is 24.1 Å². The third kappa shape index (κ3) is 2.70. The molecule has 0 aliphatic carbocycles. The van der Waals surface area contributed by atoms with E-state index in [9.17, 15) is 4.79 Å². The van der Waals surface area contributed by atoms with Gasteiger partial charge in [-0.1, -0.05) is 47.2 Å². The Morgan fingerprint density at radius 2 is 1.86 bits per heavy atom. The van der Waals surface area contributed by atoms with Crippen LogP contribution in [0.5, 0.6) is 0 Å². The van der Waals surface area contributed by atoms with Crippen LogP contribution in [-0.4, -0.2) is 20.8 Å². The van der Waals surface area contributed by atoms with E-state index in [1.165, 1.54) is 5.56 Å². The van der Waals surface area contributed by atoms with Gasteiger partial charge in [0.1, 0.15) is 11.6 Å². The number of rotatable bonds is 4. The average Bonchev–Trinajstić information content (AvgIpc) is 2.90. The third-order valence-corrected chi connectivity index (χ3v) is 3.69. The Hall–Kier alpha value is -2.49. The summed E-state index contributed by atoms with van der Waals surface area (Å²) in [5, 5.41) is 8.31. The van der Waals surface area contributed by atoms with Gasteiger partial charge in [0, 0.05) is 6.42 Å². The molecule has 4 nitrogen and oxygen atoms in total. The zero-order chi connectivity index (χ0) is 14.8. The Morgan fingerprint density at radius 3 is 2.57 bits per heavy atom. The number of hydrogen-bond donors (Lipinski definition) is 0. The van der Waals surface area contributed by atoms with Gasteiger partial charge in [0.15, 0.2) is 5.78 Å². The lowest BCUT2D eigenvalue weighted by atomic mass is 10.0. The van der Waals surface area contributed by atoms with Crippen LogP contribution in [-0.2, 0) is 11.2 Å². The SMILES string of the molecule is CC(=O)C(Cc1ccc(C)cc1)n1nnc2ccccc21. The molecule has 1 atom stereocenters. The lowest BCUT2D eigenvalue weighted by Gasteiger charge is -2.15. The fourth-order valence-electron chi connectivity index (χ4n) is 2.47. The highest BCUT2D eigenvalue weighted by atomic mass is 16.1. The Bertz CT molecular complexity index is 774. The van der Waals surface area contributed by atoms with E-state index in [0.29, 0.717) is 6.42 Å². The monoisotopic (exact) mass is 279 g/mol. The molecular weight excluding hydrogens is 262 g/mol. The summed E-state index contributed by atoms with van der Waals surface area (Å²) in [5.41, 5.74) is 4.04. The highest BCUT2D eigenvalue weighted by Crippen LogP contribution is 2.20. The molecule has 106 valence electrons. The number of ketones is 1. The molecule has 0 aliphatic heterocycles. The first-order valence-corrected chi connectivity index (χ1v) is 7.01. The predicted octanol–water partition coefficient (Wildman–Crippen LogP) is 3.11. The number of fused-ring (bicyclic) bond motifs is 1. The topological polar surface area (TPSA) is 47.8 Å². The van der Waals surface area contributed by atoms with Crippen LogP contribution in [0.2, 0.25) is 0 Å². The minimum Gasteiger partial charge on any atom is -0.298 e. The van der Waals surface area contributed by atoms with Crippen LogP contribution in [0, 0.1) is 6.92 Å². The molecule has 0 saturated carbocycles.